The Bertz CT molecular complexity index is 286. The van der Waals surface area contributed by atoms with E-state index in [4.69, 9.17) is 12.3 Å². The van der Waals surface area contributed by atoms with Gasteiger partial charge in [-0.2, -0.15) is 0 Å². The van der Waals surface area contributed by atoms with Gasteiger partial charge < -0.3 is 10.6 Å². The molecule has 0 aromatic carbocycles. The fourth-order valence-corrected chi connectivity index (χ4v) is 0.755. The highest BCUT2D eigenvalue weighted by Gasteiger charge is 2.04. The van der Waals surface area contributed by atoms with E-state index in [0.717, 1.165) is 5.69 Å². The highest BCUT2D eigenvalue weighted by Crippen LogP contribution is 2.11. The second kappa shape index (κ2) is 3.13. The molecule has 0 saturated carbocycles. The number of nitrogens with zero attached hydrogens (tertiary/aromatic N) is 2. The molecule has 1 aromatic heterocycles. The predicted octanol–water partition coefficient (Wildman–Crippen LogP) is 1.65. The lowest BCUT2D eigenvalue weighted by Gasteiger charge is -1.98. The summed E-state index contributed by atoms with van der Waals surface area (Å²) in [6.45, 7) is 8.55. The van der Waals surface area contributed by atoms with Gasteiger partial charge in [-0.3, -0.25) is 0 Å². The van der Waals surface area contributed by atoms with Crippen molar-refractivity contribution in [2.24, 2.45) is 5.73 Å². The average Bonchev–Trinajstić information content (AvgIpc) is 2.05. The fourth-order valence-electron chi connectivity index (χ4n) is 0.755. The molecule has 2 N–H and O–H groups in total. The van der Waals surface area contributed by atoms with Gasteiger partial charge in [0.1, 0.15) is 5.69 Å². The minimum absolute atomic E-state index is 0.100. The molecule has 11 heavy (non-hydrogen) atoms. The first kappa shape index (κ1) is 7.70. The molecule has 1 aromatic rings. The van der Waals surface area contributed by atoms with Gasteiger partial charge in [-0.1, -0.05) is 12.6 Å². The molecule has 0 radical (unpaired) electrons. The summed E-state index contributed by atoms with van der Waals surface area (Å²) >= 11 is 0. The van der Waals surface area contributed by atoms with E-state index in [1.807, 2.05) is 13.0 Å². The molecule has 0 bridgehead atoms. The molecular weight excluding hydrogens is 138 g/mol. The summed E-state index contributed by atoms with van der Waals surface area (Å²) < 4.78 is 0. The normalized spacial score (nSPS) is 12.1. The molecule has 0 aliphatic heterocycles. The van der Waals surface area contributed by atoms with E-state index >= 15 is 0 Å². The lowest BCUT2D eigenvalue weighted by Crippen LogP contribution is -2.06. The topological polar surface area (TPSA) is 43.3 Å². The average molecular weight is 147 g/mol. The maximum atomic E-state index is 6.70. The standard InChI is InChI=1S/C8H9N3/c1-6(9)7-4-3-5-8(10-2)11-7/h3-6H,9H2,1H3. The summed E-state index contributed by atoms with van der Waals surface area (Å²) in [5.41, 5.74) is 6.33. The van der Waals surface area contributed by atoms with Crippen molar-refractivity contribution in [2.75, 3.05) is 0 Å². The van der Waals surface area contributed by atoms with E-state index < -0.39 is 0 Å². The Labute approximate surface area is 65.7 Å². The quantitative estimate of drug-likeness (QED) is 0.614. The van der Waals surface area contributed by atoms with Crippen molar-refractivity contribution in [2.45, 2.75) is 13.0 Å². The van der Waals surface area contributed by atoms with Crippen molar-refractivity contribution in [3.8, 4) is 0 Å². The van der Waals surface area contributed by atoms with E-state index in [0.29, 0.717) is 5.82 Å². The minimum atomic E-state index is -0.100. The van der Waals surface area contributed by atoms with Crippen LogP contribution >= 0.6 is 0 Å². The second-order valence-electron chi connectivity index (χ2n) is 2.32. The van der Waals surface area contributed by atoms with Crippen LogP contribution in [0.5, 0.6) is 0 Å². The first-order valence-corrected chi connectivity index (χ1v) is 3.34. The summed E-state index contributed by atoms with van der Waals surface area (Å²) in [5.74, 6) is 0.403. The van der Waals surface area contributed by atoms with E-state index in [9.17, 15) is 0 Å². The predicted molar refractivity (Wildman–Crippen MR) is 43.1 cm³/mol. The highest BCUT2D eigenvalue weighted by molar-refractivity contribution is 5.36. The molecule has 0 aliphatic rings. The van der Waals surface area contributed by atoms with Gasteiger partial charge >= 0.3 is 0 Å². The lowest BCUT2D eigenvalue weighted by atomic mass is 10.2. The lowest BCUT2D eigenvalue weighted by molar-refractivity contribution is 0.784. The second-order valence-corrected chi connectivity index (χ2v) is 2.32. The molecule has 1 unspecified atom stereocenters. The maximum Gasteiger partial charge on any atom is 0.269 e. The number of rotatable bonds is 1. The Morgan fingerprint density at radius 1 is 1.64 bits per heavy atom. The summed E-state index contributed by atoms with van der Waals surface area (Å²) in [6, 6.07) is 5.17. The van der Waals surface area contributed by atoms with Gasteiger partial charge in [0.05, 0.1) is 6.04 Å². The number of hydrogen-bond acceptors (Lipinski definition) is 2. The Hall–Kier alpha value is -1.40. The molecule has 56 valence electrons. The van der Waals surface area contributed by atoms with Crippen molar-refractivity contribution in [3.05, 3.63) is 35.3 Å². The molecule has 3 heteroatoms. The van der Waals surface area contributed by atoms with E-state index in [1.54, 1.807) is 12.1 Å². The van der Waals surface area contributed by atoms with Crippen LogP contribution in [0.3, 0.4) is 0 Å². The molecule has 1 heterocycles. The third-order valence-electron chi connectivity index (χ3n) is 1.34. The van der Waals surface area contributed by atoms with Crippen LogP contribution in [0.4, 0.5) is 5.82 Å². The van der Waals surface area contributed by atoms with E-state index in [2.05, 4.69) is 9.83 Å². The Morgan fingerprint density at radius 3 is 2.91 bits per heavy atom. The van der Waals surface area contributed by atoms with Crippen LogP contribution in [0.1, 0.15) is 18.7 Å². The molecular formula is C8H9N3. The van der Waals surface area contributed by atoms with Crippen LogP contribution in [-0.2, 0) is 0 Å². The van der Waals surface area contributed by atoms with Gasteiger partial charge in [0.25, 0.3) is 5.82 Å². The maximum absolute atomic E-state index is 6.70. The van der Waals surface area contributed by atoms with Crippen LogP contribution in [0, 0.1) is 6.57 Å². The smallest absolute Gasteiger partial charge is 0.269 e. The first-order chi connectivity index (χ1) is 5.24. The zero-order valence-electron chi connectivity index (χ0n) is 6.28. The largest absolute Gasteiger partial charge is 0.361 e. The molecule has 0 aliphatic carbocycles. The summed E-state index contributed by atoms with van der Waals surface area (Å²) in [5, 5.41) is 0. The Morgan fingerprint density at radius 2 is 2.36 bits per heavy atom. The molecule has 0 fully saturated rings. The number of aromatic nitrogens is 1. The van der Waals surface area contributed by atoms with Gasteiger partial charge in [-0.15, -0.1) is 4.98 Å². The van der Waals surface area contributed by atoms with Crippen molar-refractivity contribution >= 4 is 5.82 Å². The van der Waals surface area contributed by atoms with Gasteiger partial charge in [-0.25, -0.2) is 0 Å². The molecule has 3 nitrogen and oxygen atoms in total. The van der Waals surface area contributed by atoms with Gasteiger partial charge in [0.2, 0.25) is 0 Å². The monoisotopic (exact) mass is 147 g/mol. The Kier molecular flexibility index (Phi) is 2.19. The summed E-state index contributed by atoms with van der Waals surface area (Å²) in [7, 11) is 0. The highest BCUT2D eigenvalue weighted by atomic mass is 14.9. The van der Waals surface area contributed by atoms with Crippen LogP contribution < -0.4 is 5.73 Å². The SMILES string of the molecule is [C-]#[N+]c1cccc(C(C)N)n1. The molecule has 0 amide bonds. The van der Waals surface area contributed by atoms with Gasteiger partial charge in [0, 0.05) is 0 Å². The van der Waals surface area contributed by atoms with Crippen molar-refractivity contribution in [3.63, 3.8) is 0 Å². The molecule has 0 saturated heterocycles. The molecule has 1 atom stereocenters. The third kappa shape index (κ3) is 1.76. The van der Waals surface area contributed by atoms with Crippen LogP contribution in [0.15, 0.2) is 18.2 Å². The van der Waals surface area contributed by atoms with Crippen molar-refractivity contribution in [1.82, 2.24) is 4.98 Å². The minimum Gasteiger partial charge on any atom is -0.361 e. The zero-order chi connectivity index (χ0) is 8.27. The first-order valence-electron chi connectivity index (χ1n) is 3.34. The molecule has 1 rings (SSSR count). The van der Waals surface area contributed by atoms with E-state index in [1.165, 1.54) is 0 Å². The number of pyridine rings is 1. The van der Waals surface area contributed by atoms with Crippen LogP contribution in [0.25, 0.3) is 4.85 Å². The van der Waals surface area contributed by atoms with E-state index in [-0.39, 0.29) is 6.04 Å². The van der Waals surface area contributed by atoms with Crippen molar-refractivity contribution in [1.29, 1.82) is 0 Å². The summed E-state index contributed by atoms with van der Waals surface area (Å²) in [6.07, 6.45) is 0. The fraction of sp³-hybridized carbons (Fsp3) is 0.250. The number of nitrogens with two attached hydrogens (primary N) is 1. The van der Waals surface area contributed by atoms with Crippen LogP contribution in [0.2, 0.25) is 0 Å². The van der Waals surface area contributed by atoms with Gasteiger partial charge in [-0.05, 0) is 19.1 Å². The van der Waals surface area contributed by atoms with Gasteiger partial charge in [0.15, 0.2) is 0 Å². The van der Waals surface area contributed by atoms with Crippen molar-refractivity contribution < 1.29 is 0 Å². The van der Waals surface area contributed by atoms with Crippen LogP contribution in [-0.4, -0.2) is 4.98 Å². The molecule has 0 spiro atoms. The Balaban J connectivity index is 3.03. The third-order valence-corrected chi connectivity index (χ3v) is 1.34. The summed E-state index contributed by atoms with van der Waals surface area (Å²) in [4.78, 5) is 7.21. The zero-order valence-corrected chi connectivity index (χ0v) is 6.28. The number of hydrogen-bond donors (Lipinski definition) is 1.